The van der Waals surface area contributed by atoms with E-state index in [2.05, 4.69) is 24.1 Å². The van der Waals surface area contributed by atoms with Gasteiger partial charge in [0.25, 0.3) is 0 Å². The highest BCUT2D eigenvalue weighted by Crippen LogP contribution is 2.34. The van der Waals surface area contributed by atoms with Crippen LogP contribution in [0.15, 0.2) is 0 Å². The Morgan fingerprint density at radius 1 is 1.00 bits per heavy atom. The maximum Gasteiger partial charge on any atom is 0.0224 e. The lowest BCUT2D eigenvalue weighted by Crippen LogP contribution is -2.57. The zero-order valence-corrected chi connectivity index (χ0v) is 13.2. The normalized spacial score (nSPS) is 28.7. The molecule has 2 rings (SSSR count). The second kappa shape index (κ2) is 8.26. The van der Waals surface area contributed by atoms with Crippen LogP contribution in [0.3, 0.4) is 0 Å². The van der Waals surface area contributed by atoms with E-state index < -0.39 is 0 Å². The number of rotatable bonds is 9. The van der Waals surface area contributed by atoms with Crippen molar-refractivity contribution in [3.8, 4) is 0 Å². The standard InChI is InChI=1S/C17H34N2/c1-3-5-6-7-8-12-19-14-17(15-10-11-15)18-13-16(19)9-4-2/h15-18H,3-14H2,1-2H3. The lowest BCUT2D eigenvalue weighted by atomic mass is 10.0. The molecule has 2 heteroatoms. The molecule has 1 aliphatic heterocycles. The summed E-state index contributed by atoms with van der Waals surface area (Å²) < 4.78 is 0. The highest BCUT2D eigenvalue weighted by atomic mass is 15.2. The Hall–Kier alpha value is -0.0800. The zero-order chi connectivity index (χ0) is 13.5. The average Bonchev–Trinajstić information content (AvgIpc) is 3.25. The Bertz CT molecular complexity index is 237. The van der Waals surface area contributed by atoms with Crippen LogP contribution in [0.5, 0.6) is 0 Å². The molecule has 1 saturated carbocycles. The van der Waals surface area contributed by atoms with E-state index >= 15 is 0 Å². The van der Waals surface area contributed by atoms with E-state index in [0.29, 0.717) is 0 Å². The third-order valence-electron chi connectivity index (χ3n) is 4.93. The van der Waals surface area contributed by atoms with Crippen LogP contribution in [0.1, 0.15) is 71.6 Å². The fraction of sp³-hybridized carbons (Fsp3) is 1.00. The van der Waals surface area contributed by atoms with Crippen molar-refractivity contribution in [1.29, 1.82) is 0 Å². The van der Waals surface area contributed by atoms with E-state index in [4.69, 9.17) is 0 Å². The summed E-state index contributed by atoms with van der Waals surface area (Å²) in [6.07, 6.45) is 12.7. The van der Waals surface area contributed by atoms with Crippen LogP contribution in [0.4, 0.5) is 0 Å². The molecule has 19 heavy (non-hydrogen) atoms. The number of hydrogen-bond acceptors (Lipinski definition) is 2. The van der Waals surface area contributed by atoms with E-state index in [0.717, 1.165) is 18.0 Å². The Kier molecular flexibility index (Phi) is 6.66. The van der Waals surface area contributed by atoms with Crippen molar-refractivity contribution < 1.29 is 0 Å². The summed E-state index contributed by atoms with van der Waals surface area (Å²) in [6.45, 7) is 8.53. The smallest absolute Gasteiger partial charge is 0.0224 e. The largest absolute Gasteiger partial charge is 0.311 e. The second-order valence-corrected chi connectivity index (χ2v) is 6.70. The fourth-order valence-electron chi connectivity index (χ4n) is 3.51. The van der Waals surface area contributed by atoms with Crippen LogP contribution in [-0.4, -0.2) is 36.6 Å². The van der Waals surface area contributed by atoms with Gasteiger partial charge in [0, 0.05) is 25.2 Å². The molecule has 2 fully saturated rings. The number of nitrogens with zero attached hydrogens (tertiary/aromatic N) is 1. The molecule has 1 aliphatic carbocycles. The van der Waals surface area contributed by atoms with Crippen LogP contribution in [0.2, 0.25) is 0 Å². The predicted molar refractivity (Wildman–Crippen MR) is 83.5 cm³/mol. The van der Waals surface area contributed by atoms with Crippen LogP contribution in [-0.2, 0) is 0 Å². The minimum atomic E-state index is 0.809. The Labute approximate surface area is 120 Å². The molecule has 0 amide bonds. The maximum absolute atomic E-state index is 3.81. The van der Waals surface area contributed by atoms with Crippen molar-refractivity contribution in [1.82, 2.24) is 10.2 Å². The van der Waals surface area contributed by atoms with Crippen LogP contribution >= 0.6 is 0 Å². The topological polar surface area (TPSA) is 15.3 Å². The molecule has 0 aromatic heterocycles. The van der Waals surface area contributed by atoms with Gasteiger partial charge in [0.2, 0.25) is 0 Å². The first-order chi connectivity index (χ1) is 9.35. The third-order valence-corrected chi connectivity index (χ3v) is 4.93. The third kappa shape index (κ3) is 5.07. The molecule has 2 aliphatic rings. The molecule has 0 aromatic carbocycles. The van der Waals surface area contributed by atoms with Gasteiger partial charge in [-0.3, -0.25) is 4.90 Å². The minimum absolute atomic E-state index is 0.809. The van der Waals surface area contributed by atoms with Crippen molar-refractivity contribution in [3.05, 3.63) is 0 Å². The lowest BCUT2D eigenvalue weighted by Gasteiger charge is -2.41. The Balaban J connectivity index is 1.71. The highest BCUT2D eigenvalue weighted by molar-refractivity contribution is 4.94. The van der Waals surface area contributed by atoms with E-state index in [1.807, 2.05) is 0 Å². The van der Waals surface area contributed by atoms with Crippen molar-refractivity contribution in [2.24, 2.45) is 5.92 Å². The van der Waals surface area contributed by atoms with E-state index in [9.17, 15) is 0 Å². The number of nitrogens with one attached hydrogen (secondary N) is 1. The summed E-state index contributed by atoms with van der Waals surface area (Å²) >= 11 is 0. The first-order valence-electron chi connectivity index (χ1n) is 8.82. The van der Waals surface area contributed by atoms with E-state index in [-0.39, 0.29) is 0 Å². The van der Waals surface area contributed by atoms with Gasteiger partial charge in [-0.25, -0.2) is 0 Å². The molecular formula is C17H34N2. The molecule has 0 aromatic rings. The second-order valence-electron chi connectivity index (χ2n) is 6.70. The van der Waals surface area contributed by atoms with Crippen LogP contribution in [0, 0.1) is 5.92 Å². The van der Waals surface area contributed by atoms with Crippen molar-refractivity contribution in [2.45, 2.75) is 83.7 Å². The fourth-order valence-corrected chi connectivity index (χ4v) is 3.51. The van der Waals surface area contributed by atoms with E-state index in [1.54, 1.807) is 0 Å². The monoisotopic (exact) mass is 266 g/mol. The van der Waals surface area contributed by atoms with Gasteiger partial charge < -0.3 is 5.32 Å². The number of hydrogen-bond donors (Lipinski definition) is 1. The van der Waals surface area contributed by atoms with Crippen molar-refractivity contribution >= 4 is 0 Å². The summed E-state index contributed by atoms with van der Waals surface area (Å²) in [6, 6.07) is 1.62. The minimum Gasteiger partial charge on any atom is -0.311 e. The highest BCUT2D eigenvalue weighted by Gasteiger charge is 2.36. The van der Waals surface area contributed by atoms with Gasteiger partial charge >= 0.3 is 0 Å². The van der Waals surface area contributed by atoms with Gasteiger partial charge in [-0.2, -0.15) is 0 Å². The van der Waals surface area contributed by atoms with Gasteiger partial charge in [-0.15, -0.1) is 0 Å². The van der Waals surface area contributed by atoms with Gasteiger partial charge in [-0.05, 0) is 38.1 Å². The molecule has 2 atom stereocenters. The molecule has 0 spiro atoms. The molecule has 1 heterocycles. The van der Waals surface area contributed by atoms with Gasteiger partial charge in [-0.1, -0.05) is 46.0 Å². The number of unbranched alkanes of at least 4 members (excludes halogenated alkanes) is 4. The zero-order valence-electron chi connectivity index (χ0n) is 13.2. The first kappa shape index (κ1) is 15.3. The average molecular weight is 266 g/mol. The summed E-state index contributed by atoms with van der Waals surface area (Å²) in [5.41, 5.74) is 0. The van der Waals surface area contributed by atoms with E-state index in [1.165, 1.54) is 77.4 Å². The summed E-state index contributed by atoms with van der Waals surface area (Å²) in [5.74, 6) is 1.00. The Morgan fingerprint density at radius 3 is 2.47 bits per heavy atom. The number of piperazine rings is 1. The summed E-state index contributed by atoms with van der Waals surface area (Å²) in [7, 11) is 0. The molecule has 1 N–H and O–H groups in total. The Morgan fingerprint density at radius 2 is 1.79 bits per heavy atom. The molecule has 0 bridgehead atoms. The molecule has 2 nitrogen and oxygen atoms in total. The molecular weight excluding hydrogens is 232 g/mol. The van der Waals surface area contributed by atoms with Gasteiger partial charge in [0.05, 0.1) is 0 Å². The summed E-state index contributed by atoms with van der Waals surface area (Å²) in [4.78, 5) is 2.81. The van der Waals surface area contributed by atoms with Crippen LogP contribution < -0.4 is 5.32 Å². The van der Waals surface area contributed by atoms with Crippen molar-refractivity contribution in [3.63, 3.8) is 0 Å². The van der Waals surface area contributed by atoms with Gasteiger partial charge in [0.15, 0.2) is 0 Å². The molecule has 1 saturated heterocycles. The molecule has 2 unspecified atom stereocenters. The SMILES string of the molecule is CCCCCCCN1CC(C2CC2)NCC1CCC. The van der Waals surface area contributed by atoms with Crippen LogP contribution in [0.25, 0.3) is 0 Å². The summed E-state index contributed by atoms with van der Waals surface area (Å²) in [5, 5.41) is 3.81. The molecule has 0 radical (unpaired) electrons. The van der Waals surface area contributed by atoms with Crippen molar-refractivity contribution in [2.75, 3.05) is 19.6 Å². The lowest BCUT2D eigenvalue weighted by molar-refractivity contribution is 0.113. The first-order valence-corrected chi connectivity index (χ1v) is 8.82. The predicted octanol–water partition coefficient (Wildman–Crippen LogP) is 3.81. The molecule has 112 valence electrons. The van der Waals surface area contributed by atoms with Gasteiger partial charge in [0.1, 0.15) is 0 Å². The quantitative estimate of drug-likeness (QED) is 0.638. The maximum atomic E-state index is 3.81.